The molecule has 0 aliphatic heterocycles. The van der Waals surface area contributed by atoms with Crippen LogP contribution in [0.1, 0.15) is 17.5 Å². The second-order valence-corrected chi connectivity index (χ2v) is 7.02. The first-order valence-electron chi connectivity index (χ1n) is 8.45. The van der Waals surface area contributed by atoms with Crippen molar-refractivity contribution in [3.63, 3.8) is 0 Å². The molecule has 1 heterocycles. The molecule has 0 fully saturated rings. The van der Waals surface area contributed by atoms with Crippen LogP contribution in [-0.2, 0) is 22.6 Å². The van der Waals surface area contributed by atoms with E-state index in [2.05, 4.69) is 26.5 Å². The van der Waals surface area contributed by atoms with Crippen molar-refractivity contribution in [2.24, 2.45) is 10.8 Å². The van der Waals surface area contributed by atoms with Gasteiger partial charge in [0.15, 0.2) is 0 Å². The lowest BCUT2D eigenvalue weighted by atomic mass is 10.1. The van der Waals surface area contributed by atoms with Gasteiger partial charge in [0.05, 0.1) is 12.6 Å². The second kappa shape index (κ2) is 8.64. The summed E-state index contributed by atoms with van der Waals surface area (Å²) in [5, 5.41) is 5.07. The number of aryl methyl sites for hydroxylation is 1. The van der Waals surface area contributed by atoms with Crippen LogP contribution in [0.5, 0.6) is 0 Å². The maximum Gasteiger partial charge on any atom is 0.244 e. The molecule has 0 atom stereocenters. The fourth-order valence-corrected chi connectivity index (χ4v) is 3.06. The number of nitrogens with two attached hydrogens (primary N) is 1. The summed E-state index contributed by atoms with van der Waals surface area (Å²) in [7, 11) is 0. The topological polar surface area (TPSA) is 89.5 Å². The van der Waals surface area contributed by atoms with Crippen molar-refractivity contribution in [2.45, 2.75) is 19.4 Å². The molecule has 0 spiro atoms. The largest absolute Gasteiger partial charge is 0.370 e. The van der Waals surface area contributed by atoms with Crippen molar-refractivity contribution >= 4 is 44.9 Å². The van der Waals surface area contributed by atoms with Crippen LogP contribution in [-0.4, -0.2) is 22.6 Å². The fraction of sp³-hybridized carbons (Fsp3) is 0.150. The molecule has 3 rings (SSSR count). The van der Waals surface area contributed by atoms with E-state index in [1.807, 2.05) is 59.3 Å². The van der Waals surface area contributed by atoms with Crippen molar-refractivity contribution < 1.29 is 9.59 Å². The lowest BCUT2D eigenvalue weighted by molar-refractivity contribution is -0.120. The van der Waals surface area contributed by atoms with Gasteiger partial charge in [-0.25, -0.2) is 5.43 Å². The number of halogens is 1. The SMILES string of the molecule is NC(=O)CCn1cc(/C=N/NC(=O)Cc2ccc(Br)cc2)c2ccccc21. The Hall–Kier alpha value is -2.93. The number of fused-ring (bicyclic) bond motifs is 1. The van der Waals surface area contributed by atoms with Gasteiger partial charge in [-0.1, -0.05) is 46.3 Å². The Balaban J connectivity index is 1.69. The van der Waals surface area contributed by atoms with Crippen LogP contribution in [0.4, 0.5) is 0 Å². The van der Waals surface area contributed by atoms with Crippen molar-refractivity contribution in [3.8, 4) is 0 Å². The Labute approximate surface area is 165 Å². The van der Waals surface area contributed by atoms with Crippen LogP contribution in [0.2, 0.25) is 0 Å². The molecule has 3 aromatic rings. The predicted octanol–water partition coefficient (Wildman–Crippen LogP) is 2.97. The summed E-state index contributed by atoms with van der Waals surface area (Å²) in [6.45, 7) is 0.500. The van der Waals surface area contributed by atoms with Crippen molar-refractivity contribution in [3.05, 3.63) is 70.3 Å². The highest BCUT2D eigenvalue weighted by Gasteiger charge is 2.08. The van der Waals surface area contributed by atoms with E-state index >= 15 is 0 Å². The minimum atomic E-state index is -0.344. The van der Waals surface area contributed by atoms with Gasteiger partial charge < -0.3 is 10.3 Å². The molecule has 138 valence electrons. The number of nitrogens with zero attached hydrogens (tertiary/aromatic N) is 2. The summed E-state index contributed by atoms with van der Waals surface area (Å²) in [5.74, 6) is -0.533. The van der Waals surface area contributed by atoms with Crippen LogP contribution in [0.3, 0.4) is 0 Å². The molecular weight excluding hydrogens is 408 g/mol. The van der Waals surface area contributed by atoms with E-state index < -0.39 is 0 Å². The number of aromatic nitrogens is 1. The van der Waals surface area contributed by atoms with E-state index in [1.165, 1.54) is 0 Å². The standard InChI is InChI=1S/C20H19BrN4O2/c21-16-7-5-14(6-8-16)11-20(27)24-23-12-15-13-25(10-9-19(22)26)18-4-2-1-3-17(15)18/h1-8,12-13H,9-11H2,(H2,22,26)(H,24,27)/b23-12+. The van der Waals surface area contributed by atoms with Crippen molar-refractivity contribution in [1.29, 1.82) is 0 Å². The van der Waals surface area contributed by atoms with Gasteiger partial charge in [-0.3, -0.25) is 9.59 Å². The maximum absolute atomic E-state index is 12.0. The summed E-state index contributed by atoms with van der Waals surface area (Å²) in [5.41, 5.74) is 10.6. The predicted molar refractivity (Wildman–Crippen MR) is 109 cm³/mol. The number of nitrogens with one attached hydrogen (secondary N) is 1. The third kappa shape index (κ3) is 5.04. The molecule has 2 amide bonds. The number of carbonyl (C=O) groups excluding carboxylic acids is 2. The first-order chi connectivity index (χ1) is 13.0. The van der Waals surface area contributed by atoms with Crippen molar-refractivity contribution in [2.75, 3.05) is 0 Å². The molecule has 2 aromatic carbocycles. The third-order valence-electron chi connectivity index (χ3n) is 4.09. The van der Waals surface area contributed by atoms with Gasteiger partial charge in [0, 0.05) is 40.1 Å². The average Bonchev–Trinajstić information content (AvgIpc) is 3.00. The Kier molecular flexibility index (Phi) is 6.03. The van der Waals surface area contributed by atoms with E-state index in [0.717, 1.165) is 26.5 Å². The molecular formula is C20H19BrN4O2. The summed E-state index contributed by atoms with van der Waals surface area (Å²) in [6.07, 6.45) is 4.03. The zero-order chi connectivity index (χ0) is 19.2. The Bertz CT molecular complexity index is 993. The minimum absolute atomic E-state index is 0.189. The molecule has 7 heteroatoms. The monoisotopic (exact) mass is 426 g/mol. The zero-order valence-corrected chi connectivity index (χ0v) is 16.1. The number of primary amides is 1. The lowest BCUT2D eigenvalue weighted by Crippen LogP contribution is -2.19. The summed E-state index contributed by atoms with van der Waals surface area (Å²) >= 11 is 3.37. The second-order valence-electron chi connectivity index (χ2n) is 6.11. The molecule has 0 saturated carbocycles. The first-order valence-corrected chi connectivity index (χ1v) is 9.25. The first kappa shape index (κ1) is 18.8. The van der Waals surface area contributed by atoms with Crippen LogP contribution in [0.15, 0.2) is 64.3 Å². The van der Waals surface area contributed by atoms with Gasteiger partial charge in [-0.05, 0) is 23.8 Å². The number of hydrogen-bond acceptors (Lipinski definition) is 3. The number of hydrogen-bond donors (Lipinski definition) is 2. The third-order valence-corrected chi connectivity index (χ3v) is 4.62. The van der Waals surface area contributed by atoms with Crippen LogP contribution in [0, 0.1) is 0 Å². The van der Waals surface area contributed by atoms with Crippen LogP contribution < -0.4 is 11.2 Å². The molecule has 6 nitrogen and oxygen atoms in total. The Morgan fingerprint density at radius 1 is 1.15 bits per heavy atom. The molecule has 0 saturated heterocycles. The maximum atomic E-state index is 12.0. The minimum Gasteiger partial charge on any atom is -0.370 e. The Morgan fingerprint density at radius 3 is 2.63 bits per heavy atom. The van der Waals surface area contributed by atoms with Crippen molar-refractivity contribution in [1.82, 2.24) is 9.99 Å². The number of carbonyl (C=O) groups is 2. The van der Waals surface area contributed by atoms with Gasteiger partial charge in [0.2, 0.25) is 11.8 Å². The van der Waals surface area contributed by atoms with E-state index in [4.69, 9.17) is 5.73 Å². The van der Waals surface area contributed by atoms with Crippen LogP contribution in [0.25, 0.3) is 10.9 Å². The van der Waals surface area contributed by atoms with Gasteiger partial charge in [0.25, 0.3) is 0 Å². The van der Waals surface area contributed by atoms with Crippen LogP contribution >= 0.6 is 15.9 Å². The molecule has 0 aliphatic rings. The Morgan fingerprint density at radius 2 is 1.89 bits per heavy atom. The average molecular weight is 427 g/mol. The summed E-state index contributed by atoms with van der Waals surface area (Å²) in [6, 6.07) is 15.4. The lowest BCUT2D eigenvalue weighted by Gasteiger charge is -2.02. The molecule has 0 bridgehead atoms. The van der Waals surface area contributed by atoms with Gasteiger partial charge in [-0.15, -0.1) is 0 Å². The normalized spacial score (nSPS) is 11.1. The molecule has 0 aliphatic carbocycles. The molecule has 0 radical (unpaired) electrons. The zero-order valence-electron chi connectivity index (χ0n) is 14.6. The number of amides is 2. The van der Waals surface area contributed by atoms with Gasteiger partial charge in [0.1, 0.15) is 0 Å². The quantitative estimate of drug-likeness (QED) is 0.449. The summed E-state index contributed by atoms with van der Waals surface area (Å²) < 4.78 is 2.93. The highest BCUT2D eigenvalue weighted by molar-refractivity contribution is 9.10. The number of benzene rings is 2. The molecule has 27 heavy (non-hydrogen) atoms. The number of rotatable bonds is 7. The van der Waals surface area contributed by atoms with Gasteiger partial charge in [-0.2, -0.15) is 5.10 Å². The van der Waals surface area contributed by atoms with Gasteiger partial charge >= 0.3 is 0 Å². The fourth-order valence-electron chi connectivity index (χ4n) is 2.79. The van der Waals surface area contributed by atoms with E-state index in [0.29, 0.717) is 6.54 Å². The highest BCUT2D eigenvalue weighted by Crippen LogP contribution is 2.20. The molecule has 3 N–H and O–H groups in total. The molecule has 1 aromatic heterocycles. The molecule has 0 unspecified atom stereocenters. The highest BCUT2D eigenvalue weighted by atomic mass is 79.9. The van der Waals surface area contributed by atoms with E-state index in [-0.39, 0.29) is 24.7 Å². The number of para-hydroxylation sites is 1. The van der Waals surface area contributed by atoms with E-state index in [1.54, 1.807) is 6.21 Å². The smallest absolute Gasteiger partial charge is 0.244 e. The van der Waals surface area contributed by atoms with E-state index in [9.17, 15) is 9.59 Å². The summed E-state index contributed by atoms with van der Waals surface area (Å²) in [4.78, 5) is 23.1. The number of hydrazone groups is 1.